The summed E-state index contributed by atoms with van der Waals surface area (Å²) in [6.07, 6.45) is 3.70. The number of methoxy groups -OCH3 is 1. The first-order valence-electron chi connectivity index (χ1n) is 12.3. The second kappa shape index (κ2) is 14.4. The Bertz CT molecular complexity index is 1070. The smallest absolute Gasteiger partial charge is 0.257 e. The topological polar surface area (TPSA) is 82.1 Å². The summed E-state index contributed by atoms with van der Waals surface area (Å²) in [6.45, 7) is 3.45. The molecule has 36 heavy (non-hydrogen) atoms. The van der Waals surface area contributed by atoms with Crippen molar-refractivity contribution in [3.05, 3.63) is 83.9 Å². The molecule has 7 heteroatoms. The Labute approximate surface area is 217 Å². The van der Waals surface area contributed by atoms with Gasteiger partial charge in [0.05, 0.1) is 25.8 Å². The number of nitrogens with zero attached hydrogens (tertiary/aromatic N) is 1. The normalized spacial score (nSPS) is 11.6. The predicted octanol–water partition coefficient (Wildman–Crippen LogP) is 5.46. The van der Waals surface area contributed by atoms with Crippen LogP contribution in [-0.2, 0) is 17.6 Å². The second-order valence-corrected chi connectivity index (χ2v) is 10.0. The Morgan fingerprint density at radius 2 is 1.72 bits per heavy atom. The number of ether oxygens (including phenoxy) is 2. The summed E-state index contributed by atoms with van der Waals surface area (Å²) in [5.41, 5.74) is 1.41. The molecule has 0 saturated carbocycles. The molecule has 3 rings (SSSR count). The molecule has 1 N–H and O–H groups in total. The van der Waals surface area contributed by atoms with Crippen LogP contribution in [0.25, 0.3) is 0 Å². The van der Waals surface area contributed by atoms with Crippen LogP contribution in [0.4, 0.5) is 0 Å². The molecular formula is C29H35NO5S. The SMILES string of the molecule is CCCCCOc1cccc(C(=O)N(CCc2ccc(O)cc2)CC[S+]([O-])c2ccccc2)c1OC. The van der Waals surface area contributed by atoms with E-state index in [1.807, 2.05) is 48.5 Å². The summed E-state index contributed by atoms with van der Waals surface area (Å²) in [5.74, 6) is 1.28. The fourth-order valence-electron chi connectivity index (χ4n) is 3.84. The molecule has 1 amide bonds. The van der Waals surface area contributed by atoms with Crippen molar-refractivity contribution < 1.29 is 23.9 Å². The van der Waals surface area contributed by atoms with Crippen molar-refractivity contribution in [2.75, 3.05) is 32.6 Å². The highest BCUT2D eigenvalue weighted by Gasteiger charge is 2.24. The number of benzene rings is 3. The molecule has 0 aliphatic carbocycles. The second-order valence-electron chi connectivity index (χ2n) is 8.46. The van der Waals surface area contributed by atoms with E-state index in [4.69, 9.17) is 9.47 Å². The van der Waals surface area contributed by atoms with E-state index in [1.165, 1.54) is 7.11 Å². The Kier molecular flexibility index (Phi) is 11.0. The van der Waals surface area contributed by atoms with Crippen LogP contribution in [0.5, 0.6) is 17.2 Å². The number of para-hydroxylation sites is 1. The minimum Gasteiger partial charge on any atom is -0.611 e. The van der Waals surface area contributed by atoms with Crippen LogP contribution >= 0.6 is 0 Å². The molecule has 1 unspecified atom stereocenters. The molecular weight excluding hydrogens is 474 g/mol. The zero-order valence-electron chi connectivity index (χ0n) is 21.0. The van der Waals surface area contributed by atoms with E-state index in [0.29, 0.717) is 48.9 Å². The van der Waals surface area contributed by atoms with Gasteiger partial charge < -0.3 is 24.0 Å². The van der Waals surface area contributed by atoms with Crippen molar-refractivity contribution in [1.29, 1.82) is 0 Å². The van der Waals surface area contributed by atoms with E-state index >= 15 is 0 Å². The number of aromatic hydroxyl groups is 1. The van der Waals surface area contributed by atoms with Gasteiger partial charge in [0.15, 0.2) is 16.4 Å². The molecule has 0 aliphatic heterocycles. The van der Waals surface area contributed by atoms with E-state index in [0.717, 1.165) is 29.7 Å². The van der Waals surface area contributed by atoms with E-state index < -0.39 is 11.2 Å². The third-order valence-corrected chi connectivity index (χ3v) is 7.22. The van der Waals surface area contributed by atoms with Gasteiger partial charge >= 0.3 is 0 Å². The highest BCUT2D eigenvalue weighted by Crippen LogP contribution is 2.32. The van der Waals surface area contributed by atoms with Gasteiger partial charge in [-0.15, -0.1) is 0 Å². The highest BCUT2D eigenvalue weighted by atomic mass is 32.2. The number of phenolic OH excluding ortho intramolecular Hbond substituents is 1. The van der Waals surface area contributed by atoms with Crippen LogP contribution in [0.15, 0.2) is 77.7 Å². The first-order chi connectivity index (χ1) is 17.5. The molecule has 3 aromatic rings. The number of rotatable bonds is 14. The van der Waals surface area contributed by atoms with Gasteiger partial charge in [-0.05, 0) is 66.0 Å². The van der Waals surface area contributed by atoms with Crippen LogP contribution in [-0.4, -0.2) is 53.0 Å². The molecule has 0 spiro atoms. The number of unbranched alkanes of at least 4 members (excludes halogenated alkanes) is 2. The van der Waals surface area contributed by atoms with Gasteiger partial charge in [-0.2, -0.15) is 0 Å². The monoisotopic (exact) mass is 509 g/mol. The average molecular weight is 510 g/mol. The largest absolute Gasteiger partial charge is 0.611 e. The van der Waals surface area contributed by atoms with Crippen LogP contribution in [0.2, 0.25) is 0 Å². The van der Waals surface area contributed by atoms with Gasteiger partial charge in [0.1, 0.15) is 11.5 Å². The molecule has 0 heterocycles. The van der Waals surface area contributed by atoms with Gasteiger partial charge in [-0.25, -0.2) is 0 Å². The van der Waals surface area contributed by atoms with Crippen molar-refractivity contribution in [2.24, 2.45) is 0 Å². The van der Waals surface area contributed by atoms with E-state index in [2.05, 4.69) is 6.92 Å². The van der Waals surface area contributed by atoms with Crippen molar-refractivity contribution in [3.8, 4) is 17.2 Å². The fraction of sp³-hybridized carbons (Fsp3) is 0.345. The van der Waals surface area contributed by atoms with Gasteiger partial charge in [0.2, 0.25) is 0 Å². The van der Waals surface area contributed by atoms with E-state index in [9.17, 15) is 14.5 Å². The van der Waals surface area contributed by atoms with E-state index in [1.54, 1.807) is 29.2 Å². The number of carbonyl (C=O) groups excluding carboxylic acids is 1. The third kappa shape index (κ3) is 7.93. The molecule has 0 radical (unpaired) electrons. The van der Waals surface area contributed by atoms with Crippen molar-refractivity contribution in [1.82, 2.24) is 4.90 Å². The zero-order chi connectivity index (χ0) is 25.8. The van der Waals surface area contributed by atoms with Crippen molar-refractivity contribution >= 4 is 17.1 Å². The first kappa shape index (κ1) is 27.4. The molecule has 1 atom stereocenters. The lowest BCUT2D eigenvalue weighted by Crippen LogP contribution is -2.37. The standard InChI is InChI=1S/C29H35NO5S/c1-3-4-8-21-35-27-13-9-12-26(28(27)34-2)29(32)30(19-18-23-14-16-24(31)17-15-23)20-22-36(33)25-10-6-5-7-11-25/h5-7,9-17,31H,3-4,8,18-22H2,1-2H3. The highest BCUT2D eigenvalue weighted by molar-refractivity contribution is 7.91. The lowest BCUT2D eigenvalue weighted by Gasteiger charge is -2.25. The van der Waals surface area contributed by atoms with Crippen molar-refractivity contribution in [3.63, 3.8) is 0 Å². The number of amides is 1. The number of phenols is 1. The molecule has 0 aromatic heterocycles. The lowest BCUT2D eigenvalue weighted by atomic mass is 10.1. The Morgan fingerprint density at radius 1 is 0.972 bits per heavy atom. The lowest BCUT2D eigenvalue weighted by molar-refractivity contribution is 0.0763. The predicted molar refractivity (Wildman–Crippen MR) is 143 cm³/mol. The molecule has 0 saturated heterocycles. The Balaban J connectivity index is 1.78. The zero-order valence-corrected chi connectivity index (χ0v) is 21.8. The third-order valence-electron chi connectivity index (χ3n) is 5.87. The minimum absolute atomic E-state index is 0.199. The number of hydrogen-bond acceptors (Lipinski definition) is 5. The number of hydrogen-bond donors (Lipinski definition) is 1. The summed E-state index contributed by atoms with van der Waals surface area (Å²) >= 11 is -1.23. The van der Waals surface area contributed by atoms with Crippen molar-refractivity contribution in [2.45, 2.75) is 37.5 Å². The molecule has 0 fully saturated rings. The minimum atomic E-state index is -1.23. The quantitative estimate of drug-likeness (QED) is 0.230. The Hall–Kier alpha value is -3.16. The number of carbonyl (C=O) groups is 1. The average Bonchev–Trinajstić information content (AvgIpc) is 2.91. The summed E-state index contributed by atoms with van der Waals surface area (Å²) in [7, 11) is 1.54. The van der Waals surface area contributed by atoms with Gasteiger partial charge in [0, 0.05) is 6.54 Å². The van der Waals surface area contributed by atoms with Gasteiger partial charge in [0.25, 0.3) is 5.91 Å². The Morgan fingerprint density at radius 3 is 2.42 bits per heavy atom. The van der Waals surface area contributed by atoms with Crippen LogP contribution in [0.3, 0.4) is 0 Å². The van der Waals surface area contributed by atoms with E-state index in [-0.39, 0.29) is 11.7 Å². The van der Waals surface area contributed by atoms with Gasteiger partial charge in [-0.3, -0.25) is 4.79 Å². The maximum Gasteiger partial charge on any atom is 0.257 e. The summed E-state index contributed by atoms with van der Waals surface area (Å²) in [5, 5.41) is 9.58. The molecule has 0 bridgehead atoms. The summed E-state index contributed by atoms with van der Waals surface area (Å²) < 4.78 is 24.4. The van der Waals surface area contributed by atoms with Crippen LogP contribution in [0.1, 0.15) is 42.1 Å². The first-order valence-corrected chi connectivity index (χ1v) is 13.7. The van der Waals surface area contributed by atoms with Crippen LogP contribution < -0.4 is 9.47 Å². The molecule has 3 aromatic carbocycles. The maximum atomic E-state index is 13.7. The van der Waals surface area contributed by atoms with Crippen LogP contribution in [0, 0.1) is 0 Å². The van der Waals surface area contributed by atoms with Gasteiger partial charge in [-0.1, -0.05) is 56.2 Å². The molecule has 6 nitrogen and oxygen atoms in total. The summed E-state index contributed by atoms with van der Waals surface area (Å²) in [6, 6.07) is 21.6. The maximum absolute atomic E-state index is 13.7. The molecule has 0 aliphatic rings. The molecule has 192 valence electrons. The summed E-state index contributed by atoms with van der Waals surface area (Å²) in [4.78, 5) is 16.2. The fourth-order valence-corrected chi connectivity index (χ4v) is 4.92.